The number of nitrogens with zero attached hydrogens (tertiary/aromatic N) is 2. The highest BCUT2D eigenvalue weighted by Crippen LogP contribution is 1.97. The highest BCUT2D eigenvalue weighted by atomic mass is 15.0. The van der Waals surface area contributed by atoms with E-state index in [0.29, 0.717) is 0 Å². The maximum Gasteiger partial charge on any atom is 0.0945 e. The summed E-state index contributed by atoms with van der Waals surface area (Å²) in [5.74, 6) is 0. The van der Waals surface area contributed by atoms with Gasteiger partial charge in [0.25, 0.3) is 0 Å². The second-order valence-electron chi connectivity index (χ2n) is 3.61. The molecule has 3 nitrogen and oxygen atoms in total. The van der Waals surface area contributed by atoms with Gasteiger partial charge in [0.1, 0.15) is 0 Å². The lowest BCUT2D eigenvalue weighted by atomic mass is 10.2. The molecular weight excluding hydrogens is 174 g/mol. The molecule has 1 heterocycles. The molecule has 0 atom stereocenters. The molecule has 1 aromatic heterocycles. The molecule has 0 amide bonds. The van der Waals surface area contributed by atoms with E-state index in [1.54, 1.807) is 0 Å². The van der Waals surface area contributed by atoms with Gasteiger partial charge in [-0.25, -0.2) is 4.98 Å². The first-order valence-electron chi connectivity index (χ1n) is 5.60. The minimum atomic E-state index is 1.10. The number of hydrogen-bond donors (Lipinski definition) is 1. The Morgan fingerprint density at radius 3 is 2.86 bits per heavy atom. The summed E-state index contributed by atoms with van der Waals surface area (Å²) in [6, 6.07) is 0. The maximum atomic E-state index is 4.01. The van der Waals surface area contributed by atoms with E-state index in [2.05, 4.69) is 21.8 Å². The first-order chi connectivity index (χ1) is 6.93. The fourth-order valence-electron chi connectivity index (χ4n) is 1.44. The highest BCUT2D eigenvalue weighted by Gasteiger charge is 1.91. The van der Waals surface area contributed by atoms with Gasteiger partial charge in [0.15, 0.2) is 0 Å². The van der Waals surface area contributed by atoms with Crippen LogP contribution in [0, 0.1) is 0 Å². The number of aryl methyl sites for hydroxylation is 1. The van der Waals surface area contributed by atoms with Crippen molar-refractivity contribution in [1.29, 1.82) is 0 Å². The minimum absolute atomic E-state index is 1.10. The molecule has 1 N–H and O–H groups in total. The van der Waals surface area contributed by atoms with Crippen molar-refractivity contribution in [3.63, 3.8) is 0 Å². The summed E-state index contributed by atoms with van der Waals surface area (Å²) in [6.07, 6.45) is 10.8. The third-order valence-electron chi connectivity index (χ3n) is 2.26. The summed E-state index contributed by atoms with van der Waals surface area (Å²) in [5, 5.41) is 3.41. The zero-order valence-electron chi connectivity index (χ0n) is 9.08. The molecule has 0 aliphatic heterocycles. The normalized spacial score (nSPS) is 10.6. The molecule has 0 aliphatic rings. The Kier molecular flexibility index (Phi) is 6.07. The minimum Gasteiger partial charge on any atom is -0.337 e. The van der Waals surface area contributed by atoms with Crippen LogP contribution < -0.4 is 5.32 Å². The Hall–Kier alpha value is -0.830. The van der Waals surface area contributed by atoms with Gasteiger partial charge in [0, 0.05) is 18.9 Å². The molecule has 3 heteroatoms. The molecule has 0 unspecified atom stereocenters. The first kappa shape index (κ1) is 11.2. The second kappa shape index (κ2) is 7.56. The zero-order chi connectivity index (χ0) is 10.1. The maximum absolute atomic E-state index is 4.01. The van der Waals surface area contributed by atoms with Gasteiger partial charge in [-0.2, -0.15) is 0 Å². The summed E-state index contributed by atoms with van der Waals surface area (Å²) in [7, 11) is 0. The van der Waals surface area contributed by atoms with Crippen LogP contribution >= 0.6 is 0 Å². The van der Waals surface area contributed by atoms with Crippen LogP contribution in [-0.4, -0.2) is 22.6 Å². The average Bonchev–Trinajstić information content (AvgIpc) is 2.69. The van der Waals surface area contributed by atoms with Crippen LogP contribution in [0.4, 0.5) is 0 Å². The van der Waals surface area contributed by atoms with Crippen molar-refractivity contribution in [2.45, 2.75) is 39.2 Å². The molecule has 0 saturated heterocycles. The Morgan fingerprint density at radius 2 is 2.14 bits per heavy atom. The lowest BCUT2D eigenvalue weighted by Crippen LogP contribution is -2.15. The predicted octanol–water partition coefficient (Wildman–Crippen LogP) is 2.05. The van der Waals surface area contributed by atoms with Gasteiger partial charge < -0.3 is 9.88 Å². The molecule has 0 saturated carbocycles. The van der Waals surface area contributed by atoms with Gasteiger partial charge in [-0.15, -0.1) is 0 Å². The highest BCUT2D eigenvalue weighted by molar-refractivity contribution is 4.73. The molecule has 0 spiro atoms. The van der Waals surface area contributed by atoms with E-state index in [0.717, 1.165) is 19.6 Å². The van der Waals surface area contributed by atoms with Crippen molar-refractivity contribution < 1.29 is 0 Å². The average molecular weight is 195 g/mol. The lowest BCUT2D eigenvalue weighted by Gasteiger charge is -2.03. The quantitative estimate of drug-likeness (QED) is 0.643. The van der Waals surface area contributed by atoms with Crippen molar-refractivity contribution in [1.82, 2.24) is 14.9 Å². The van der Waals surface area contributed by atoms with Gasteiger partial charge in [0.05, 0.1) is 6.33 Å². The number of aromatic nitrogens is 2. The van der Waals surface area contributed by atoms with E-state index in [1.807, 2.05) is 18.7 Å². The smallest absolute Gasteiger partial charge is 0.0945 e. The summed E-state index contributed by atoms with van der Waals surface area (Å²) in [6.45, 7) is 5.62. The van der Waals surface area contributed by atoms with Crippen LogP contribution in [0.25, 0.3) is 0 Å². The van der Waals surface area contributed by atoms with Gasteiger partial charge >= 0.3 is 0 Å². The van der Waals surface area contributed by atoms with E-state index in [1.165, 1.54) is 25.7 Å². The molecule has 0 radical (unpaired) electrons. The molecule has 1 rings (SSSR count). The van der Waals surface area contributed by atoms with Crippen LogP contribution in [0.3, 0.4) is 0 Å². The number of nitrogens with one attached hydrogen (secondary N) is 1. The number of hydrogen-bond acceptors (Lipinski definition) is 2. The Balaban J connectivity index is 1.85. The molecule has 0 fully saturated rings. The largest absolute Gasteiger partial charge is 0.337 e. The topological polar surface area (TPSA) is 29.9 Å². The van der Waals surface area contributed by atoms with Crippen LogP contribution in [0.15, 0.2) is 18.7 Å². The van der Waals surface area contributed by atoms with Crippen molar-refractivity contribution >= 4 is 0 Å². The Morgan fingerprint density at radius 1 is 1.21 bits per heavy atom. The molecule has 0 aromatic carbocycles. The zero-order valence-corrected chi connectivity index (χ0v) is 9.08. The molecule has 1 aromatic rings. The van der Waals surface area contributed by atoms with E-state index in [-0.39, 0.29) is 0 Å². The summed E-state index contributed by atoms with van der Waals surface area (Å²) in [4.78, 5) is 4.01. The van der Waals surface area contributed by atoms with E-state index >= 15 is 0 Å². The van der Waals surface area contributed by atoms with Crippen molar-refractivity contribution in [3.05, 3.63) is 18.7 Å². The Labute approximate surface area is 86.5 Å². The lowest BCUT2D eigenvalue weighted by molar-refractivity contribution is 0.557. The molecule has 0 aliphatic carbocycles. The van der Waals surface area contributed by atoms with Gasteiger partial charge in [0.2, 0.25) is 0 Å². The van der Waals surface area contributed by atoms with Gasteiger partial charge in [-0.1, -0.05) is 13.3 Å². The molecule has 80 valence electrons. The first-order valence-corrected chi connectivity index (χ1v) is 5.60. The van der Waals surface area contributed by atoms with Gasteiger partial charge in [-0.05, 0) is 32.4 Å². The number of imidazole rings is 1. The van der Waals surface area contributed by atoms with Crippen LogP contribution in [-0.2, 0) is 6.54 Å². The summed E-state index contributed by atoms with van der Waals surface area (Å²) in [5.41, 5.74) is 0. The van der Waals surface area contributed by atoms with Crippen molar-refractivity contribution in [2.75, 3.05) is 13.1 Å². The van der Waals surface area contributed by atoms with Crippen molar-refractivity contribution in [2.24, 2.45) is 0 Å². The van der Waals surface area contributed by atoms with Crippen LogP contribution in [0.2, 0.25) is 0 Å². The fraction of sp³-hybridized carbons (Fsp3) is 0.727. The van der Waals surface area contributed by atoms with Gasteiger partial charge in [-0.3, -0.25) is 0 Å². The second-order valence-corrected chi connectivity index (χ2v) is 3.61. The third kappa shape index (κ3) is 5.02. The van der Waals surface area contributed by atoms with E-state index < -0.39 is 0 Å². The predicted molar refractivity (Wildman–Crippen MR) is 59.2 cm³/mol. The molecule has 0 bridgehead atoms. The molecule has 14 heavy (non-hydrogen) atoms. The summed E-state index contributed by atoms with van der Waals surface area (Å²) < 4.78 is 2.14. The number of unbranched alkanes of at least 4 members (excludes halogenated alkanes) is 2. The Bertz CT molecular complexity index is 206. The van der Waals surface area contributed by atoms with E-state index in [4.69, 9.17) is 0 Å². The SMILES string of the molecule is CCCNCCCCCn1ccnc1. The van der Waals surface area contributed by atoms with Crippen LogP contribution in [0.5, 0.6) is 0 Å². The third-order valence-corrected chi connectivity index (χ3v) is 2.26. The standard InChI is InChI=1S/C11H21N3/c1-2-6-12-7-4-3-5-9-14-10-8-13-11-14/h8,10-12H,2-7,9H2,1H3. The molecular formula is C11H21N3. The monoisotopic (exact) mass is 195 g/mol. The number of rotatable bonds is 8. The van der Waals surface area contributed by atoms with E-state index in [9.17, 15) is 0 Å². The summed E-state index contributed by atoms with van der Waals surface area (Å²) >= 11 is 0. The van der Waals surface area contributed by atoms with Crippen LogP contribution in [0.1, 0.15) is 32.6 Å². The fourth-order valence-corrected chi connectivity index (χ4v) is 1.44. The van der Waals surface area contributed by atoms with Crippen molar-refractivity contribution in [3.8, 4) is 0 Å².